The van der Waals surface area contributed by atoms with Gasteiger partial charge in [-0.05, 0) is 72.4 Å². The van der Waals surface area contributed by atoms with Crippen LogP contribution < -0.4 is 0 Å². The zero-order valence-electron chi connectivity index (χ0n) is 22.1. The second-order valence-electron chi connectivity index (χ2n) is 10.8. The number of carbonyl (C=O) groups is 2. The average molecular weight is 546 g/mol. The topological polar surface area (TPSA) is 90.0 Å². The third-order valence-corrected chi connectivity index (χ3v) is 9.66. The van der Waals surface area contributed by atoms with Crippen LogP contribution in [0.3, 0.4) is 0 Å². The molecule has 0 radical (unpaired) electrons. The fourth-order valence-electron chi connectivity index (χ4n) is 5.68. The number of hydrogen-bond donors (Lipinski definition) is 0. The average Bonchev–Trinajstić information content (AvgIpc) is 2.87. The molecule has 1 aliphatic carbocycles. The molecule has 0 amide bonds. The van der Waals surface area contributed by atoms with Crippen molar-refractivity contribution in [2.75, 3.05) is 13.2 Å². The molecule has 9 heteroatoms. The van der Waals surface area contributed by atoms with Gasteiger partial charge in [-0.3, -0.25) is 4.79 Å². The van der Waals surface area contributed by atoms with E-state index in [4.69, 9.17) is 9.47 Å². The van der Waals surface area contributed by atoms with Crippen LogP contribution in [0.1, 0.15) is 63.6 Å². The number of fused-ring (bicyclic) bond motifs is 1. The quantitative estimate of drug-likeness (QED) is 0.431. The molecular weight excluding hydrogens is 509 g/mol. The van der Waals surface area contributed by atoms with Crippen LogP contribution in [0.2, 0.25) is 0 Å². The van der Waals surface area contributed by atoms with E-state index >= 15 is 0 Å². The first-order chi connectivity index (χ1) is 18.1. The molecule has 2 aromatic rings. The molecule has 1 aliphatic heterocycles. The Labute approximate surface area is 224 Å². The molecule has 0 aromatic heterocycles. The summed E-state index contributed by atoms with van der Waals surface area (Å²) in [6.45, 7) is 6.02. The van der Waals surface area contributed by atoms with Gasteiger partial charge in [0, 0.05) is 6.54 Å². The van der Waals surface area contributed by atoms with Crippen LogP contribution in [0.5, 0.6) is 0 Å². The number of halogens is 1. The lowest BCUT2D eigenvalue weighted by molar-refractivity contribution is -0.167. The highest BCUT2D eigenvalue weighted by molar-refractivity contribution is 7.89. The predicted octanol–water partition coefficient (Wildman–Crippen LogP) is 5.05. The van der Waals surface area contributed by atoms with E-state index in [0.29, 0.717) is 23.8 Å². The largest absolute Gasteiger partial charge is 0.460 e. The summed E-state index contributed by atoms with van der Waals surface area (Å²) in [5, 5.41) is 0. The first-order valence-electron chi connectivity index (χ1n) is 13.3. The molecule has 38 heavy (non-hydrogen) atoms. The molecular formula is C29H36FNO6S. The van der Waals surface area contributed by atoms with Crippen LogP contribution in [0, 0.1) is 23.6 Å². The summed E-state index contributed by atoms with van der Waals surface area (Å²) in [6, 6.07) is 11.2. The van der Waals surface area contributed by atoms with E-state index in [1.165, 1.54) is 16.4 Å². The molecule has 206 valence electrons. The first kappa shape index (κ1) is 28.2. The SMILES string of the molecule is CC1CCC(C(C)C)C(OC(=O)COC(=O)CC2c3ccccc3CCN2S(=O)(=O)c2ccc(F)cc2)C1. The van der Waals surface area contributed by atoms with Gasteiger partial charge in [0.2, 0.25) is 10.0 Å². The zero-order valence-corrected chi connectivity index (χ0v) is 23.0. The molecule has 0 bridgehead atoms. The summed E-state index contributed by atoms with van der Waals surface area (Å²) >= 11 is 0. The number of hydrogen-bond acceptors (Lipinski definition) is 6. The third-order valence-electron chi connectivity index (χ3n) is 7.74. The molecule has 0 N–H and O–H groups in total. The van der Waals surface area contributed by atoms with Gasteiger partial charge in [0.05, 0.1) is 17.4 Å². The number of esters is 2. The highest BCUT2D eigenvalue weighted by atomic mass is 32.2. The summed E-state index contributed by atoms with van der Waals surface area (Å²) in [5.74, 6) is -0.713. The van der Waals surface area contributed by atoms with E-state index in [1.807, 2.05) is 12.1 Å². The highest BCUT2D eigenvalue weighted by Gasteiger charge is 2.38. The van der Waals surface area contributed by atoms with Gasteiger partial charge in [0.1, 0.15) is 11.9 Å². The lowest BCUT2D eigenvalue weighted by Gasteiger charge is -2.36. The van der Waals surface area contributed by atoms with Crippen molar-refractivity contribution in [1.82, 2.24) is 4.31 Å². The molecule has 7 nitrogen and oxygen atoms in total. The van der Waals surface area contributed by atoms with Crippen LogP contribution in [-0.4, -0.2) is 43.9 Å². The van der Waals surface area contributed by atoms with Gasteiger partial charge in [0.15, 0.2) is 6.61 Å². The van der Waals surface area contributed by atoms with E-state index in [1.54, 1.807) is 12.1 Å². The molecule has 0 saturated heterocycles. The lowest BCUT2D eigenvalue weighted by Crippen LogP contribution is -2.41. The Kier molecular flexibility index (Phi) is 8.88. The van der Waals surface area contributed by atoms with Crippen molar-refractivity contribution in [3.63, 3.8) is 0 Å². The van der Waals surface area contributed by atoms with Gasteiger partial charge in [-0.1, -0.05) is 51.5 Å². The van der Waals surface area contributed by atoms with Crippen molar-refractivity contribution < 1.29 is 31.9 Å². The maximum atomic E-state index is 13.5. The van der Waals surface area contributed by atoms with Gasteiger partial charge in [-0.2, -0.15) is 4.31 Å². The van der Waals surface area contributed by atoms with Crippen molar-refractivity contribution in [2.24, 2.45) is 17.8 Å². The van der Waals surface area contributed by atoms with Crippen molar-refractivity contribution in [2.45, 2.75) is 69.9 Å². The van der Waals surface area contributed by atoms with Gasteiger partial charge in [-0.25, -0.2) is 17.6 Å². The predicted molar refractivity (Wildman–Crippen MR) is 140 cm³/mol. The lowest BCUT2D eigenvalue weighted by atomic mass is 9.75. The molecule has 4 unspecified atom stereocenters. The molecule has 2 aliphatic rings. The van der Waals surface area contributed by atoms with Crippen LogP contribution in [0.25, 0.3) is 0 Å². The highest BCUT2D eigenvalue weighted by Crippen LogP contribution is 2.37. The molecule has 1 fully saturated rings. The number of rotatable bonds is 8. The maximum absolute atomic E-state index is 13.5. The van der Waals surface area contributed by atoms with Crippen molar-refractivity contribution in [1.29, 1.82) is 0 Å². The number of nitrogens with zero attached hydrogens (tertiary/aromatic N) is 1. The van der Waals surface area contributed by atoms with Crippen LogP contribution in [0.15, 0.2) is 53.4 Å². The van der Waals surface area contributed by atoms with Gasteiger partial charge >= 0.3 is 11.9 Å². The Morgan fingerprint density at radius 1 is 1.05 bits per heavy atom. The summed E-state index contributed by atoms with van der Waals surface area (Å²) in [6.07, 6.45) is 2.90. The smallest absolute Gasteiger partial charge is 0.344 e. The van der Waals surface area contributed by atoms with Crippen LogP contribution in [0.4, 0.5) is 4.39 Å². The molecule has 1 saturated carbocycles. The van der Waals surface area contributed by atoms with Crippen molar-refractivity contribution >= 4 is 22.0 Å². The van der Waals surface area contributed by atoms with Crippen molar-refractivity contribution in [3.05, 3.63) is 65.5 Å². The van der Waals surface area contributed by atoms with E-state index in [-0.39, 0.29) is 29.9 Å². The summed E-state index contributed by atoms with van der Waals surface area (Å²) in [7, 11) is -4.02. The Hall–Kier alpha value is -2.78. The van der Waals surface area contributed by atoms with Crippen molar-refractivity contribution in [3.8, 4) is 0 Å². The van der Waals surface area contributed by atoms with E-state index < -0.39 is 40.4 Å². The third kappa shape index (κ3) is 6.43. The summed E-state index contributed by atoms with van der Waals surface area (Å²) in [5.41, 5.74) is 1.65. The fourth-order valence-corrected chi connectivity index (χ4v) is 7.28. The summed E-state index contributed by atoms with van der Waals surface area (Å²) in [4.78, 5) is 25.4. The molecule has 0 spiro atoms. The first-order valence-corrected chi connectivity index (χ1v) is 14.7. The minimum atomic E-state index is -4.02. The van der Waals surface area contributed by atoms with E-state index in [9.17, 15) is 22.4 Å². The maximum Gasteiger partial charge on any atom is 0.344 e. The van der Waals surface area contributed by atoms with E-state index in [0.717, 1.165) is 37.0 Å². The van der Waals surface area contributed by atoms with Gasteiger partial charge < -0.3 is 9.47 Å². The van der Waals surface area contributed by atoms with Gasteiger partial charge in [-0.15, -0.1) is 0 Å². The van der Waals surface area contributed by atoms with Crippen LogP contribution >= 0.6 is 0 Å². The molecule has 4 rings (SSSR count). The minimum absolute atomic E-state index is 0.0540. The fraction of sp³-hybridized carbons (Fsp3) is 0.517. The molecule has 4 atom stereocenters. The Bertz CT molecular complexity index is 1250. The number of ether oxygens (including phenoxy) is 2. The normalized spacial score (nSPS) is 24.0. The second kappa shape index (κ2) is 11.9. The Balaban J connectivity index is 1.45. The van der Waals surface area contributed by atoms with Crippen LogP contribution in [-0.2, 0) is 35.5 Å². The number of carbonyl (C=O) groups excluding carboxylic acids is 2. The number of benzene rings is 2. The molecule has 2 aromatic carbocycles. The van der Waals surface area contributed by atoms with E-state index in [2.05, 4.69) is 20.8 Å². The monoisotopic (exact) mass is 545 g/mol. The summed E-state index contributed by atoms with van der Waals surface area (Å²) < 4.78 is 52.7. The number of sulfonamides is 1. The Morgan fingerprint density at radius 3 is 2.47 bits per heavy atom. The zero-order chi connectivity index (χ0) is 27.4. The Morgan fingerprint density at radius 2 is 1.76 bits per heavy atom. The second-order valence-corrected chi connectivity index (χ2v) is 12.6. The minimum Gasteiger partial charge on any atom is -0.460 e. The molecule has 1 heterocycles. The van der Waals surface area contributed by atoms with Gasteiger partial charge in [0.25, 0.3) is 0 Å². The standard InChI is InChI=1S/C29H36FNO6S/c1-19(2)24-13-8-20(3)16-27(24)37-29(33)18-36-28(32)17-26-25-7-5-4-6-21(25)14-15-31(26)38(34,35)23-11-9-22(30)10-12-23/h4-7,9-12,19-20,24,26-27H,8,13-18H2,1-3H3.